The van der Waals surface area contributed by atoms with E-state index < -0.39 is 0 Å². The number of carbonyl (C=O) groups is 1. The molecule has 0 atom stereocenters. The van der Waals surface area contributed by atoms with E-state index in [1.807, 2.05) is 24.3 Å². The molecule has 0 bridgehead atoms. The number of rotatable bonds is 4. The van der Waals surface area contributed by atoms with Gasteiger partial charge in [-0.3, -0.25) is 9.69 Å². The molecule has 2 aromatic carbocycles. The van der Waals surface area contributed by atoms with Gasteiger partial charge in [0, 0.05) is 48.7 Å². The van der Waals surface area contributed by atoms with Gasteiger partial charge in [-0.25, -0.2) is 9.37 Å². The molecule has 1 aliphatic carbocycles. The number of piperazine rings is 1. The summed E-state index contributed by atoms with van der Waals surface area (Å²) in [6.07, 6.45) is 2.71. The molecule has 5 rings (SSSR count). The van der Waals surface area contributed by atoms with Crippen LogP contribution in [-0.4, -0.2) is 47.9 Å². The van der Waals surface area contributed by atoms with Gasteiger partial charge in [0.25, 0.3) is 0 Å². The summed E-state index contributed by atoms with van der Waals surface area (Å²) >= 11 is 0. The Morgan fingerprint density at radius 1 is 0.867 bits per heavy atom. The van der Waals surface area contributed by atoms with E-state index >= 15 is 0 Å². The lowest BCUT2D eigenvalue weighted by atomic mass is 10.0. The summed E-state index contributed by atoms with van der Waals surface area (Å²) in [6.45, 7) is 4.23. The Balaban J connectivity index is 0.00000128. The first-order chi connectivity index (χ1) is 13.7. The number of hydrogen-bond acceptors (Lipinski definition) is 4. The van der Waals surface area contributed by atoms with Gasteiger partial charge in [0.1, 0.15) is 11.6 Å². The maximum absolute atomic E-state index is 13.1. The molecule has 4 nitrogen and oxygen atoms in total. The number of fused-ring (bicyclic) bond motifs is 1. The molecule has 0 spiro atoms. The number of carbonyl (C=O) groups excluding carboxylic acids is 1. The van der Waals surface area contributed by atoms with Crippen LogP contribution in [0.25, 0.3) is 10.9 Å². The molecule has 0 unspecified atom stereocenters. The summed E-state index contributed by atoms with van der Waals surface area (Å²) in [4.78, 5) is 22.4. The third-order valence-electron chi connectivity index (χ3n) is 5.74. The summed E-state index contributed by atoms with van der Waals surface area (Å²) in [5, 5.41) is 0.938. The van der Waals surface area contributed by atoms with Crippen LogP contribution in [-0.2, 0) is 0 Å². The molecule has 30 heavy (non-hydrogen) atoms. The Morgan fingerprint density at radius 3 is 2.20 bits per heavy atom. The zero-order valence-electron chi connectivity index (χ0n) is 16.5. The van der Waals surface area contributed by atoms with Crippen molar-refractivity contribution in [2.45, 2.75) is 18.9 Å². The normalized spacial score (nSPS) is 16.6. The minimum Gasteiger partial charge on any atom is -0.354 e. The predicted octanol–water partition coefficient (Wildman–Crippen LogP) is 4.73. The summed E-state index contributed by atoms with van der Waals surface area (Å²) < 4.78 is 13.1. The van der Waals surface area contributed by atoms with Crippen molar-refractivity contribution in [3.8, 4) is 0 Å². The first-order valence-corrected chi connectivity index (χ1v) is 9.87. The van der Waals surface area contributed by atoms with Crippen LogP contribution in [0.2, 0.25) is 0 Å². The third kappa shape index (κ3) is 4.59. The van der Waals surface area contributed by atoms with Crippen LogP contribution in [0.15, 0.2) is 54.6 Å². The van der Waals surface area contributed by atoms with Crippen molar-refractivity contribution < 1.29 is 9.18 Å². The lowest BCUT2D eigenvalue weighted by Gasteiger charge is -2.35. The van der Waals surface area contributed by atoms with E-state index in [1.54, 1.807) is 6.07 Å². The van der Waals surface area contributed by atoms with Gasteiger partial charge in [-0.2, -0.15) is 0 Å². The van der Waals surface area contributed by atoms with Gasteiger partial charge in [0.15, 0.2) is 5.78 Å². The Kier molecular flexibility index (Phi) is 6.96. The average Bonchev–Trinajstić information content (AvgIpc) is 3.59. The second kappa shape index (κ2) is 9.29. The summed E-state index contributed by atoms with van der Waals surface area (Å²) in [5.41, 5.74) is 1.96. The minimum absolute atomic E-state index is 0. The van der Waals surface area contributed by atoms with Crippen molar-refractivity contribution in [3.05, 3.63) is 71.5 Å². The zero-order chi connectivity index (χ0) is 19.1. The van der Waals surface area contributed by atoms with Crippen molar-refractivity contribution in [2.24, 2.45) is 0 Å². The van der Waals surface area contributed by atoms with E-state index in [-0.39, 0.29) is 36.4 Å². The lowest BCUT2D eigenvalue weighted by molar-refractivity contribution is 0.103. The smallest absolute Gasteiger partial charge is 0.193 e. The predicted molar refractivity (Wildman–Crippen MR) is 123 cm³/mol. The van der Waals surface area contributed by atoms with Crippen LogP contribution in [0.5, 0.6) is 0 Å². The average molecular weight is 448 g/mol. The lowest BCUT2D eigenvalue weighted by Crippen LogP contribution is -2.47. The zero-order valence-corrected chi connectivity index (χ0v) is 18.1. The Morgan fingerprint density at radius 2 is 1.53 bits per heavy atom. The first kappa shape index (κ1) is 22.5. The van der Waals surface area contributed by atoms with Crippen molar-refractivity contribution >= 4 is 47.3 Å². The van der Waals surface area contributed by atoms with Crippen molar-refractivity contribution in [1.29, 1.82) is 0 Å². The van der Waals surface area contributed by atoms with Gasteiger partial charge in [0.05, 0.1) is 5.52 Å². The molecule has 1 saturated carbocycles. The maximum atomic E-state index is 13.1. The van der Waals surface area contributed by atoms with Crippen molar-refractivity contribution in [2.75, 3.05) is 31.1 Å². The Labute approximate surface area is 187 Å². The van der Waals surface area contributed by atoms with E-state index in [9.17, 15) is 9.18 Å². The highest BCUT2D eigenvalue weighted by Gasteiger charge is 2.31. The molecule has 158 valence electrons. The summed E-state index contributed by atoms with van der Waals surface area (Å²) in [6, 6.07) is 16.1. The second-order valence-electron chi connectivity index (χ2n) is 7.67. The Hall–Kier alpha value is -2.21. The van der Waals surface area contributed by atoms with Gasteiger partial charge in [-0.1, -0.05) is 0 Å². The monoisotopic (exact) mass is 447 g/mol. The minimum atomic E-state index is -0.343. The van der Waals surface area contributed by atoms with E-state index in [0.29, 0.717) is 11.1 Å². The molecule has 1 aromatic heterocycles. The number of halogens is 3. The fourth-order valence-corrected chi connectivity index (χ4v) is 3.96. The second-order valence-corrected chi connectivity index (χ2v) is 7.67. The van der Waals surface area contributed by atoms with Gasteiger partial charge >= 0.3 is 0 Å². The number of nitrogens with zero attached hydrogens (tertiary/aromatic N) is 3. The van der Waals surface area contributed by atoms with Crippen LogP contribution in [0.1, 0.15) is 28.8 Å². The molecule has 2 fully saturated rings. The Bertz CT molecular complexity index is 1030. The molecular formula is C23H24Cl2FN3O. The van der Waals surface area contributed by atoms with E-state index in [0.717, 1.165) is 48.9 Å². The van der Waals surface area contributed by atoms with Crippen LogP contribution in [0.3, 0.4) is 0 Å². The van der Waals surface area contributed by atoms with Gasteiger partial charge in [0.2, 0.25) is 0 Å². The number of ketones is 1. The van der Waals surface area contributed by atoms with E-state index in [2.05, 4.69) is 9.80 Å². The van der Waals surface area contributed by atoms with E-state index in [1.165, 1.54) is 37.1 Å². The molecule has 3 aromatic rings. The highest BCUT2D eigenvalue weighted by Crippen LogP contribution is 2.28. The molecule has 2 aliphatic rings. The largest absolute Gasteiger partial charge is 0.354 e. The summed E-state index contributed by atoms with van der Waals surface area (Å²) in [7, 11) is 0. The van der Waals surface area contributed by atoms with Crippen LogP contribution in [0.4, 0.5) is 10.2 Å². The molecule has 0 radical (unpaired) electrons. The van der Waals surface area contributed by atoms with Crippen LogP contribution in [0, 0.1) is 5.82 Å². The SMILES string of the molecule is Cl.Cl.O=C(c1ccc(F)cc1)c1ccc2nc(N3CCN(C4CC4)CC3)ccc2c1. The number of hydrogen-bond donors (Lipinski definition) is 0. The molecule has 2 heterocycles. The molecule has 7 heteroatoms. The number of benzene rings is 2. The topological polar surface area (TPSA) is 36.4 Å². The third-order valence-corrected chi connectivity index (χ3v) is 5.74. The van der Waals surface area contributed by atoms with Gasteiger partial charge in [-0.15, -0.1) is 24.8 Å². The molecule has 0 N–H and O–H groups in total. The fraction of sp³-hybridized carbons (Fsp3) is 0.304. The number of anilines is 1. The maximum Gasteiger partial charge on any atom is 0.193 e. The quantitative estimate of drug-likeness (QED) is 0.541. The van der Waals surface area contributed by atoms with Gasteiger partial charge in [-0.05, 0) is 67.4 Å². The fourth-order valence-electron chi connectivity index (χ4n) is 3.96. The highest BCUT2D eigenvalue weighted by molar-refractivity contribution is 6.10. The highest BCUT2D eigenvalue weighted by atomic mass is 35.5. The molecule has 0 amide bonds. The molecule has 1 saturated heterocycles. The van der Waals surface area contributed by atoms with E-state index in [4.69, 9.17) is 4.98 Å². The first-order valence-electron chi connectivity index (χ1n) is 9.87. The summed E-state index contributed by atoms with van der Waals surface area (Å²) in [5.74, 6) is 0.549. The van der Waals surface area contributed by atoms with Crippen molar-refractivity contribution in [1.82, 2.24) is 9.88 Å². The van der Waals surface area contributed by atoms with Crippen molar-refractivity contribution in [3.63, 3.8) is 0 Å². The number of aromatic nitrogens is 1. The van der Waals surface area contributed by atoms with Gasteiger partial charge < -0.3 is 4.90 Å². The standard InChI is InChI=1S/C23H22FN3O.2ClH/c24-19-5-1-16(2-6-19)23(28)18-3-9-21-17(15-18)4-10-22(25-21)27-13-11-26(12-14-27)20-7-8-20;;/h1-6,9-10,15,20H,7-8,11-14H2;2*1H. The van der Waals surface area contributed by atoms with Crippen LogP contribution >= 0.6 is 24.8 Å². The number of pyridine rings is 1. The van der Waals surface area contributed by atoms with Crippen LogP contribution < -0.4 is 4.90 Å². The molecule has 1 aliphatic heterocycles. The molecular weight excluding hydrogens is 424 g/mol.